The van der Waals surface area contributed by atoms with Crippen molar-refractivity contribution in [2.24, 2.45) is 0 Å². The zero-order valence-corrected chi connectivity index (χ0v) is 16.3. The van der Waals surface area contributed by atoms with E-state index >= 15 is 0 Å². The minimum atomic E-state index is 0.0179. The van der Waals surface area contributed by atoms with Crippen molar-refractivity contribution >= 4 is 11.6 Å². The van der Waals surface area contributed by atoms with E-state index in [9.17, 15) is 4.79 Å². The lowest BCUT2D eigenvalue weighted by atomic mass is 10.1. The molecule has 0 aromatic heterocycles. The SMILES string of the molecule is CCCOCCN(CCCOCC)CC(=O)Nc1c(C)cccc1C. The van der Waals surface area contributed by atoms with Crippen LogP contribution in [0, 0.1) is 13.8 Å². The highest BCUT2D eigenvalue weighted by Gasteiger charge is 2.13. The molecule has 1 N–H and O–H groups in total. The van der Waals surface area contributed by atoms with Gasteiger partial charge in [0.1, 0.15) is 0 Å². The van der Waals surface area contributed by atoms with E-state index in [2.05, 4.69) is 17.1 Å². The largest absolute Gasteiger partial charge is 0.382 e. The van der Waals surface area contributed by atoms with Gasteiger partial charge < -0.3 is 14.8 Å². The number of hydrogen-bond donors (Lipinski definition) is 1. The van der Waals surface area contributed by atoms with Crippen LogP contribution in [0.1, 0.15) is 37.8 Å². The molecule has 5 nitrogen and oxygen atoms in total. The first kappa shape index (κ1) is 21.6. The van der Waals surface area contributed by atoms with Gasteiger partial charge in [-0.25, -0.2) is 0 Å². The van der Waals surface area contributed by atoms with Gasteiger partial charge >= 0.3 is 0 Å². The Morgan fingerprint density at radius 2 is 1.76 bits per heavy atom. The van der Waals surface area contributed by atoms with Crippen LogP contribution in [0.5, 0.6) is 0 Å². The molecule has 0 aliphatic carbocycles. The van der Waals surface area contributed by atoms with Crippen LogP contribution in [0.25, 0.3) is 0 Å². The Hall–Kier alpha value is -1.43. The summed E-state index contributed by atoms with van der Waals surface area (Å²) < 4.78 is 11.0. The smallest absolute Gasteiger partial charge is 0.238 e. The molecule has 5 heteroatoms. The molecule has 0 saturated carbocycles. The van der Waals surface area contributed by atoms with Crippen molar-refractivity contribution in [3.05, 3.63) is 29.3 Å². The van der Waals surface area contributed by atoms with Crippen LogP contribution in [0.4, 0.5) is 5.69 Å². The Labute approximate surface area is 152 Å². The molecule has 0 saturated heterocycles. The lowest BCUT2D eigenvalue weighted by Crippen LogP contribution is -2.37. The monoisotopic (exact) mass is 350 g/mol. The van der Waals surface area contributed by atoms with Gasteiger partial charge in [-0.1, -0.05) is 25.1 Å². The molecule has 25 heavy (non-hydrogen) atoms. The molecule has 142 valence electrons. The topological polar surface area (TPSA) is 50.8 Å². The Kier molecular flexibility index (Phi) is 11.1. The van der Waals surface area contributed by atoms with E-state index in [1.54, 1.807) is 0 Å². The molecule has 0 bridgehead atoms. The predicted molar refractivity (Wildman–Crippen MR) is 103 cm³/mol. The average molecular weight is 351 g/mol. The van der Waals surface area contributed by atoms with E-state index in [0.29, 0.717) is 13.2 Å². The summed E-state index contributed by atoms with van der Waals surface area (Å²) in [6.45, 7) is 12.9. The molecule has 1 rings (SSSR count). The quantitative estimate of drug-likeness (QED) is 0.554. The molecule has 0 fully saturated rings. The van der Waals surface area contributed by atoms with Crippen molar-refractivity contribution in [3.8, 4) is 0 Å². The summed E-state index contributed by atoms with van der Waals surface area (Å²) in [5, 5.41) is 3.06. The fourth-order valence-corrected chi connectivity index (χ4v) is 2.64. The van der Waals surface area contributed by atoms with E-state index in [-0.39, 0.29) is 5.91 Å². The highest BCUT2D eigenvalue weighted by Crippen LogP contribution is 2.19. The van der Waals surface area contributed by atoms with Gasteiger partial charge in [0.2, 0.25) is 5.91 Å². The zero-order valence-electron chi connectivity index (χ0n) is 16.3. The van der Waals surface area contributed by atoms with Crippen LogP contribution in [-0.4, -0.2) is 56.9 Å². The predicted octanol–water partition coefficient (Wildman–Crippen LogP) is 3.40. The minimum Gasteiger partial charge on any atom is -0.382 e. The normalized spacial score (nSPS) is 11.1. The van der Waals surface area contributed by atoms with Gasteiger partial charge in [-0.05, 0) is 44.7 Å². The number of carbonyl (C=O) groups is 1. The molecular weight excluding hydrogens is 316 g/mol. The van der Waals surface area contributed by atoms with E-state index < -0.39 is 0 Å². The fourth-order valence-electron chi connectivity index (χ4n) is 2.64. The molecule has 0 atom stereocenters. The van der Waals surface area contributed by atoms with E-state index in [1.165, 1.54) is 0 Å². The van der Waals surface area contributed by atoms with Gasteiger partial charge in [0.05, 0.1) is 13.2 Å². The molecule has 1 aromatic carbocycles. The van der Waals surface area contributed by atoms with Gasteiger partial charge in [0.15, 0.2) is 0 Å². The van der Waals surface area contributed by atoms with Crippen molar-refractivity contribution in [1.82, 2.24) is 4.90 Å². The van der Waals surface area contributed by atoms with Crippen molar-refractivity contribution in [1.29, 1.82) is 0 Å². The Morgan fingerprint density at radius 3 is 2.40 bits per heavy atom. The fraction of sp³-hybridized carbons (Fsp3) is 0.650. The Morgan fingerprint density at radius 1 is 1.04 bits per heavy atom. The molecule has 1 aromatic rings. The summed E-state index contributed by atoms with van der Waals surface area (Å²) in [6, 6.07) is 6.04. The molecule has 0 aliphatic heterocycles. The summed E-state index contributed by atoms with van der Waals surface area (Å²) in [5.41, 5.74) is 3.09. The van der Waals surface area contributed by atoms with Gasteiger partial charge in [0.25, 0.3) is 0 Å². The highest BCUT2D eigenvalue weighted by atomic mass is 16.5. The summed E-state index contributed by atoms with van der Waals surface area (Å²) in [6.07, 6.45) is 1.93. The van der Waals surface area contributed by atoms with E-state index in [0.717, 1.165) is 62.6 Å². The second-order valence-electron chi connectivity index (χ2n) is 6.25. The van der Waals surface area contributed by atoms with Crippen molar-refractivity contribution in [2.75, 3.05) is 51.4 Å². The maximum atomic E-state index is 12.5. The average Bonchev–Trinajstić information content (AvgIpc) is 2.58. The first-order chi connectivity index (χ1) is 12.1. The van der Waals surface area contributed by atoms with Crippen LogP contribution < -0.4 is 5.32 Å². The molecule has 0 spiro atoms. The number of benzene rings is 1. The van der Waals surface area contributed by atoms with Crippen LogP contribution in [0.3, 0.4) is 0 Å². The molecule has 1 amide bonds. The van der Waals surface area contributed by atoms with Crippen molar-refractivity contribution in [3.63, 3.8) is 0 Å². The number of ether oxygens (including phenoxy) is 2. The van der Waals surface area contributed by atoms with Gasteiger partial charge in [-0.3, -0.25) is 9.69 Å². The summed E-state index contributed by atoms with van der Waals surface area (Å²) in [7, 11) is 0. The maximum Gasteiger partial charge on any atom is 0.238 e. The first-order valence-electron chi connectivity index (χ1n) is 9.32. The minimum absolute atomic E-state index is 0.0179. The number of nitrogens with one attached hydrogen (secondary N) is 1. The van der Waals surface area contributed by atoms with Crippen LogP contribution >= 0.6 is 0 Å². The molecule has 0 aliphatic rings. The highest BCUT2D eigenvalue weighted by molar-refractivity contribution is 5.93. The third kappa shape index (κ3) is 9.00. The first-order valence-corrected chi connectivity index (χ1v) is 9.32. The third-order valence-corrected chi connectivity index (χ3v) is 3.98. The van der Waals surface area contributed by atoms with Gasteiger partial charge in [0, 0.05) is 38.6 Å². The number of rotatable bonds is 13. The molecule has 0 unspecified atom stereocenters. The number of anilines is 1. The standard InChI is InChI=1S/C20H34N2O3/c1-5-13-25-15-12-22(11-8-14-24-6-2)16-19(23)21-20-17(3)9-7-10-18(20)4/h7,9-10H,5-6,8,11-16H2,1-4H3,(H,21,23). The molecule has 0 radical (unpaired) electrons. The van der Waals surface area contributed by atoms with Crippen LogP contribution in [0.2, 0.25) is 0 Å². The van der Waals surface area contributed by atoms with Gasteiger partial charge in [-0.2, -0.15) is 0 Å². The Bertz CT molecular complexity index is 473. The second-order valence-corrected chi connectivity index (χ2v) is 6.25. The number of para-hydroxylation sites is 1. The molecule has 0 heterocycles. The number of hydrogen-bond acceptors (Lipinski definition) is 4. The van der Waals surface area contributed by atoms with Crippen molar-refractivity contribution < 1.29 is 14.3 Å². The van der Waals surface area contributed by atoms with E-state index in [1.807, 2.05) is 39.0 Å². The summed E-state index contributed by atoms with van der Waals surface area (Å²) in [4.78, 5) is 14.6. The third-order valence-electron chi connectivity index (χ3n) is 3.98. The van der Waals surface area contributed by atoms with Crippen LogP contribution in [-0.2, 0) is 14.3 Å². The zero-order chi connectivity index (χ0) is 18.5. The van der Waals surface area contributed by atoms with Crippen LogP contribution in [0.15, 0.2) is 18.2 Å². The number of carbonyl (C=O) groups excluding carboxylic acids is 1. The lowest BCUT2D eigenvalue weighted by Gasteiger charge is -2.22. The number of nitrogens with zero attached hydrogens (tertiary/aromatic N) is 1. The van der Waals surface area contributed by atoms with E-state index in [4.69, 9.17) is 9.47 Å². The maximum absolute atomic E-state index is 12.5. The summed E-state index contributed by atoms with van der Waals surface area (Å²) in [5.74, 6) is 0.0179. The second kappa shape index (κ2) is 12.9. The Balaban J connectivity index is 2.53. The number of amides is 1. The lowest BCUT2D eigenvalue weighted by molar-refractivity contribution is -0.117. The summed E-state index contributed by atoms with van der Waals surface area (Å²) >= 11 is 0. The van der Waals surface area contributed by atoms with Crippen molar-refractivity contribution in [2.45, 2.75) is 40.5 Å². The number of aryl methyl sites for hydroxylation is 2. The molecular formula is C20H34N2O3. The van der Waals surface area contributed by atoms with Gasteiger partial charge in [-0.15, -0.1) is 0 Å².